The summed E-state index contributed by atoms with van der Waals surface area (Å²) in [5.41, 5.74) is 4.75. The second-order valence-electron chi connectivity index (χ2n) is 7.13. The van der Waals surface area contributed by atoms with Gasteiger partial charge in [-0.3, -0.25) is 9.34 Å². The van der Waals surface area contributed by atoms with Gasteiger partial charge in [0.25, 0.3) is 8.45 Å². The fourth-order valence-electron chi connectivity index (χ4n) is 3.99. The molecule has 0 aromatic heterocycles. The summed E-state index contributed by atoms with van der Waals surface area (Å²) in [6, 6.07) is 34.4. The van der Waals surface area contributed by atoms with Gasteiger partial charge in [-0.25, -0.2) is 0 Å². The summed E-state index contributed by atoms with van der Waals surface area (Å²) >= 11 is 3.65. The maximum absolute atomic E-state index is 6.35. The first-order valence-corrected chi connectivity index (χ1v) is 12.8. The normalized spacial score (nSPS) is 14.0. The van der Waals surface area contributed by atoms with E-state index in [4.69, 9.17) is 4.52 Å². The lowest BCUT2D eigenvalue weighted by Gasteiger charge is -2.44. The number of para-hydroxylation sites is 4. The zero-order chi connectivity index (χ0) is 20.8. The number of hydrogen-bond acceptors (Lipinski definition) is 5. The predicted octanol–water partition coefficient (Wildman–Crippen LogP) is 8.47. The van der Waals surface area contributed by atoms with Gasteiger partial charge in [0.05, 0.1) is 22.7 Å². The van der Waals surface area contributed by atoms with Gasteiger partial charge in [-0.15, -0.1) is 0 Å². The monoisotopic (exact) mass is 458 g/mol. The molecule has 0 fully saturated rings. The van der Waals surface area contributed by atoms with Crippen LogP contribution in [0.4, 0.5) is 22.7 Å². The van der Waals surface area contributed by atoms with Crippen LogP contribution in [0.25, 0.3) is 0 Å². The van der Waals surface area contributed by atoms with Gasteiger partial charge in [-0.1, -0.05) is 72.1 Å². The molecule has 0 saturated heterocycles. The molecule has 0 unspecified atom stereocenters. The van der Waals surface area contributed by atoms with Crippen molar-refractivity contribution in [1.82, 2.24) is 0 Å². The minimum atomic E-state index is -1.20. The van der Waals surface area contributed by atoms with Crippen molar-refractivity contribution in [3.05, 3.63) is 97.1 Å². The average molecular weight is 459 g/mol. The van der Waals surface area contributed by atoms with Gasteiger partial charge in [0.1, 0.15) is 0 Å². The summed E-state index contributed by atoms with van der Waals surface area (Å²) in [7, 11) is 0.624. The Morgan fingerprint density at radius 1 is 0.516 bits per heavy atom. The molecule has 152 valence electrons. The topological polar surface area (TPSA) is 15.7 Å². The highest BCUT2D eigenvalue weighted by Crippen LogP contribution is 2.65. The van der Waals surface area contributed by atoms with Gasteiger partial charge in [-0.05, 0) is 48.5 Å². The smallest absolute Gasteiger partial charge is 0.258 e. The minimum Gasteiger partial charge on any atom is -0.325 e. The molecule has 0 saturated carbocycles. The molecule has 0 spiro atoms. The van der Waals surface area contributed by atoms with Gasteiger partial charge < -0.3 is 4.52 Å². The van der Waals surface area contributed by atoms with E-state index in [0.717, 1.165) is 0 Å². The van der Waals surface area contributed by atoms with Crippen LogP contribution >= 0.6 is 32.0 Å². The Morgan fingerprint density at radius 3 is 1.10 bits per heavy atom. The van der Waals surface area contributed by atoms with Crippen LogP contribution in [0.2, 0.25) is 0 Å². The Hall–Kier alpha value is -2.43. The quantitative estimate of drug-likeness (QED) is 0.285. The van der Waals surface area contributed by atoms with Crippen LogP contribution in [-0.4, -0.2) is 7.11 Å². The summed E-state index contributed by atoms with van der Waals surface area (Å²) < 4.78 is 11.1. The third-order valence-electron chi connectivity index (χ3n) is 5.32. The van der Waals surface area contributed by atoms with E-state index in [-0.39, 0.29) is 0 Å². The molecule has 0 atom stereocenters. The molecule has 4 aromatic carbocycles. The average Bonchev–Trinajstić information content (AvgIpc) is 2.83. The fourth-order valence-corrected chi connectivity index (χ4v) is 8.32. The van der Waals surface area contributed by atoms with E-state index in [1.807, 2.05) is 30.6 Å². The number of nitrogens with zero attached hydrogens (tertiary/aromatic N) is 2. The van der Waals surface area contributed by atoms with Crippen LogP contribution in [-0.2, 0) is 4.52 Å². The standard InChI is InChI=1S/C25H19N2OPS2/c1-28-29(26-18-10-2-6-14-22(18)30-23-15-7-3-11-19(23)26)27-20-12-4-8-16-24(20)31-25-17-9-5-13-21(25)27/h2-17H,1H3. The summed E-state index contributed by atoms with van der Waals surface area (Å²) in [6.45, 7) is 0. The molecule has 0 radical (unpaired) electrons. The lowest BCUT2D eigenvalue weighted by Crippen LogP contribution is -2.26. The molecule has 0 bridgehead atoms. The zero-order valence-corrected chi connectivity index (χ0v) is 19.3. The molecular weight excluding hydrogens is 439 g/mol. The molecule has 6 heteroatoms. The molecule has 4 aromatic rings. The Bertz CT molecular complexity index is 1090. The van der Waals surface area contributed by atoms with Crippen molar-refractivity contribution in [2.24, 2.45) is 0 Å². The van der Waals surface area contributed by atoms with E-state index >= 15 is 0 Å². The first kappa shape index (κ1) is 19.3. The maximum Gasteiger partial charge on any atom is 0.258 e. The maximum atomic E-state index is 6.35. The minimum absolute atomic E-state index is 1.19. The predicted molar refractivity (Wildman–Crippen MR) is 132 cm³/mol. The van der Waals surface area contributed by atoms with Crippen LogP contribution in [0.5, 0.6) is 0 Å². The molecule has 2 aliphatic rings. The second kappa shape index (κ2) is 7.92. The zero-order valence-electron chi connectivity index (χ0n) is 16.8. The van der Waals surface area contributed by atoms with Crippen LogP contribution in [0.3, 0.4) is 0 Å². The van der Waals surface area contributed by atoms with Crippen molar-refractivity contribution in [2.45, 2.75) is 19.6 Å². The molecule has 6 rings (SSSR count). The van der Waals surface area contributed by atoms with E-state index in [1.165, 1.54) is 42.3 Å². The summed E-state index contributed by atoms with van der Waals surface area (Å²) in [6.07, 6.45) is 0. The molecule has 2 aliphatic heterocycles. The van der Waals surface area contributed by atoms with Crippen molar-refractivity contribution in [2.75, 3.05) is 16.5 Å². The summed E-state index contributed by atoms with van der Waals surface area (Å²) in [5, 5.41) is 0. The molecule has 0 aliphatic carbocycles. The molecule has 0 amide bonds. The van der Waals surface area contributed by atoms with Crippen molar-refractivity contribution in [1.29, 1.82) is 0 Å². The van der Waals surface area contributed by atoms with Crippen molar-refractivity contribution < 1.29 is 4.52 Å². The van der Waals surface area contributed by atoms with Gasteiger partial charge in [0.2, 0.25) is 0 Å². The summed E-state index contributed by atoms with van der Waals surface area (Å²) in [5.74, 6) is 0. The highest BCUT2D eigenvalue weighted by molar-refractivity contribution is 8.00. The van der Waals surface area contributed by atoms with Crippen LogP contribution < -0.4 is 9.34 Å². The lowest BCUT2D eigenvalue weighted by molar-refractivity contribution is 0.460. The van der Waals surface area contributed by atoms with E-state index < -0.39 is 8.45 Å². The van der Waals surface area contributed by atoms with E-state index in [0.29, 0.717) is 0 Å². The Labute approximate surface area is 192 Å². The number of rotatable bonds is 3. The number of hydrogen-bond donors (Lipinski definition) is 0. The van der Waals surface area contributed by atoms with Crippen molar-refractivity contribution in [3.63, 3.8) is 0 Å². The van der Waals surface area contributed by atoms with Crippen molar-refractivity contribution in [3.8, 4) is 0 Å². The van der Waals surface area contributed by atoms with E-state index in [9.17, 15) is 0 Å². The highest BCUT2D eigenvalue weighted by Gasteiger charge is 2.38. The van der Waals surface area contributed by atoms with Crippen LogP contribution in [0.15, 0.2) is 117 Å². The largest absolute Gasteiger partial charge is 0.325 e. The second-order valence-corrected chi connectivity index (χ2v) is 11.0. The van der Waals surface area contributed by atoms with Gasteiger partial charge in [0, 0.05) is 26.7 Å². The van der Waals surface area contributed by atoms with Gasteiger partial charge in [-0.2, -0.15) is 0 Å². The Morgan fingerprint density at radius 2 is 0.806 bits per heavy atom. The summed E-state index contributed by atoms with van der Waals surface area (Å²) in [4.78, 5) is 5.00. The number of benzene rings is 4. The van der Waals surface area contributed by atoms with Crippen LogP contribution in [0, 0.1) is 0 Å². The van der Waals surface area contributed by atoms with Crippen LogP contribution in [0.1, 0.15) is 0 Å². The fraction of sp³-hybridized carbons (Fsp3) is 0.0400. The molecular formula is C25H19N2OPS2. The van der Waals surface area contributed by atoms with Crippen molar-refractivity contribution >= 4 is 54.7 Å². The number of anilines is 4. The third-order valence-corrected chi connectivity index (χ3v) is 9.45. The first-order valence-electron chi connectivity index (χ1n) is 10.0. The Kier molecular flexibility index (Phi) is 4.92. The third kappa shape index (κ3) is 3.16. The Balaban J connectivity index is 1.58. The molecule has 2 heterocycles. The van der Waals surface area contributed by atoms with E-state index in [2.05, 4.69) is 106 Å². The van der Waals surface area contributed by atoms with E-state index in [1.54, 1.807) is 0 Å². The van der Waals surface area contributed by atoms with Gasteiger partial charge >= 0.3 is 0 Å². The molecule has 31 heavy (non-hydrogen) atoms. The van der Waals surface area contributed by atoms with Gasteiger partial charge in [0.15, 0.2) is 0 Å². The number of fused-ring (bicyclic) bond motifs is 4. The molecule has 0 N–H and O–H groups in total. The highest BCUT2D eigenvalue weighted by atomic mass is 32.2. The SMILES string of the molecule is COP(N1c2ccccc2Sc2ccccc21)N1c2ccccc2Sc2ccccc21. The molecule has 3 nitrogen and oxygen atoms in total. The lowest BCUT2D eigenvalue weighted by atomic mass is 10.2. The first-order chi connectivity index (χ1) is 15.3.